The van der Waals surface area contributed by atoms with Crippen LogP contribution < -0.4 is 52.7 Å². The number of urea groups is 1. The Balaban J connectivity index is 0. The van der Waals surface area contributed by atoms with E-state index in [4.69, 9.17) is 90.1 Å². The Morgan fingerprint density at radius 3 is 1.49 bits per heavy atom. The molecule has 21 nitrogen and oxygen atoms in total. The largest absolute Gasteiger partial charge is 0.508 e. The highest BCUT2D eigenvalue weighted by Gasteiger charge is 2.34. The normalized spacial score (nSPS) is 11.4. The van der Waals surface area contributed by atoms with E-state index in [0.29, 0.717) is 27.9 Å². The second-order valence-corrected chi connectivity index (χ2v) is 19.2. The number of phenols is 1. The van der Waals surface area contributed by atoms with Crippen molar-refractivity contribution in [1.29, 1.82) is 5.26 Å². The molecule has 0 atom stereocenters. The van der Waals surface area contributed by atoms with Gasteiger partial charge in [-0.3, -0.25) is 24.5 Å². The lowest BCUT2D eigenvalue weighted by Gasteiger charge is -2.13. The van der Waals surface area contributed by atoms with Gasteiger partial charge in [0.1, 0.15) is 69.0 Å². The van der Waals surface area contributed by atoms with Crippen molar-refractivity contribution in [3.63, 3.8) is 0 Å². The molecule has 4 heterocycles. The lowest BCUT2D eigenvalue weighted by molar-refractivity contribution is -0.138. The number of rotatable bonds is 10. The fourth-order valence-corrected chi connectivity index (χ4v) is 7.19. The maximum Gasteiger partial charge on any atom is 0.417 e. The molecule has 0 aliphatic rings. The zero-order chi connectivity index (χ0) is 79.4. The van der Waals surface area contributed by atoms with Gasteiger partial charge in [-0.15, -0.1) is 17.7 Å². The summed E-state index contributed by atoms with van der Waals surface area (Å²) in [6, 6.07) is 27.9. The molecule has 0 saturated heterocycles. The smallest absolute Gasteiger partial charge is 0.417 e. The number of phenolic OH excluding ortho intramolecular Hbond substituents is 1. The molecule has 0 spiro atoms. The Bertz CT molecular complexity index is 4510. The highest BCUT2D eigenvalue weighted by molar-refractivity contribution is 6.32. The molecule has 36 heteroatoms. The van der Waals surface area contributed by atoms with Gasteiger partial charge in [0, 0.05) is 111 Å². The number of benzene rings is 5. The molecule has 9 aromatic rings. The summed E-state index contributed by atoms with van der Waals surface area (Å²) in [5.74, 6) is -3.39. The Morgan fingerprint density at radius 2 is 1.01 bits per heavy atom. The SMILES string of the molecule is C.C.COC(=O)c1cc(Cl)ccn1.Cc1cc(Oc2ccc(NC(=O)Nc3ccc(Cl)c(C(F)(F)F)c3)c(F)c2)ccn1.Cl.N#COc1ccc(Cl)c(C(F)(F)F)c1.Nc1ccc(O)cc1F.[2H]C([2H])([2H])N.[2H]C([2H])([2H])NC(=O)c1cc(Cl)ccn1.[2H]C([2H])([2H])NC(=O)c1cc(Oc2ccc(N)c(F)c2)ccn1.[B]. The van der Waals surface area contributed by atoms with Crippen LogP contribution in [0.3, 0.4) is 0 Å². The van der Waals surface area contributed by atoms with Gasteiger partial charge in [-0.2, -0.15) is 26.3 Å². The molecule has 100 heavy (non-hydrogen) atoms. The first kappa shape index (κ1) is 75.3. The zero-order valence-electron chi connectivity index (χ0n) is 58.7. The Labute approximate surface area is 608 Å². The van der Waals surface area contributed by atoms with Crippen LogP contribution >= 0.6 is 58.8 Å². The number of halogens is 14. The number of amides is 4. The fourth-order valence-electron chi connectivity index (χ4n) is 6.42. The standard InChI is InChI=1S/C20H14ClF4N3O2.C13H12FN3O2.C8H3ClF3NO.C7H7ClN2O.C7H6ClNO2.C6H6FNO.CH5N.2CH4.B.ClH/c1-11-8-14(6-7-26-11)30-13-3-5-18(17(22)10-13)28-19(29)27-12-2-4-16(21)15(9-12)20(23,24)25;1-16-13(18)12-7-9(4-5-17-12)19-8-2-3-11(15)10(14)6-8;9-7-2-1-5(14-4-13)3-6(7)8(10,11)12;1-9-7(11)6-4-5(8)2-3-10-6;1-11-7(10)6-4-5(8)2-3-9-6;7-5-3-4(9)1-2-6(5)8;1-2;;;;/h2-10H,1H3,(H2,27,28,29);2-7H,15H2,1H3,(H,16,18);1-3H;2-4H,1H3,(H,9,11);2-4H,1H3;1-3,9H,8H2;2H2,1H3;2*1H4;;1H/i;1D3;;1D3;;;1D3;;;;. The third kappa shape index (κ3) is 31.8. The Hall–Kier alpha value is -10.5. The number of nitrogens with two attached hydrogens (primary N) is 3. The van der Waals surface area contributed by atoms with E-state index in [1.807, 2.05) is 5.32 Å². The molecule has 0 aliphatic carbocycles. The van der Waals surface area contributed by atoms with E-state index < -0.39 is 95.7 Å². The number of aromatic nitrogens is 4. The third-order valence-corrected chi connectivity index (χ3v) is 11.8. The van der Waals surface area contributed by atoms with Gasteiger partial charge in [0.2, 0.25) is 0 Å². The molecule has 9 rings (SSSR count). The average molecular weight is 1510 g/mol. The number of ether oxygens (including phenoxy) is 4. The monoisotopic (exact) mass is 1510 g/mol. The number of anilines is 4. The van der Waals surface area contributed by atoms with Gasteiger partial charge in [0.25, 0.3) is 18.1 Å². The van der Waals surface area contributed by atoms with Crippen molar-refractivity contribution in [1.82, 2.24) is 30.6 Å². The van der Waals surface area contributed by atoms with Crippen molar-refractivity contribution in [2.24, 2.45) is 5.73 Å². The summed E-state index contributed by atoms with van der Waals surface area (Å²) in [5, 5.41) is 24.7. The van der Waals surface area contributed by atoms with Gasteiger partial charge in [-0.05, 0) is 123 Å². The van der Waals surface area contributed by atoms with Crippen LogP contribution in [-0.4, -0.2) is 85.3 Å². The molecule has 0 unspecified atom stereocenters. The van der Waals surface area contributed by atoms with E-state index in [-0.39, 0.29) is 104 Å². The molecule has 0 bridgehead atoms. The van der Waals surface area contributed by atoms with Crippen molar-refractivity contribution in [3.8, 4) is 40.8 Å². The first-order chi connectivity index (χ1) is 48.6. The van der Waals surface area contributed by atoms with Crippen LogP contribution in [0.5, 0.6) is 34.5 Å². The van der Waals surface area contributed by atoms with Crippen molar-refractivity contribution >= 4 is 114 Å². The predicted octanol–water partition coefficient (Wildman–Crippen LogP) is 16.4. The lowest BCUT2D eigenvalue weighted by atomic mass is 10.2. The number of hydrogen-bond acceptors (Lipinski definition) is 17. The molecule has 0 aliphatic heterocycles. The van der Waals surface area contributed by atoms with Crippen molar-refractivity contribution in [3.05, 3.63) is 236 Å². The minimum absolute atomic E-state index is 0. The van der Waals surface area contributed by atoms with Gasteiger partial charge < -0.3 is 62.5 Å². The number of pyridine rings is 4. The Kier molecular flexibility index (Phi) is 34.0. The molecular formula is C64H62BCl5F9N12O9. The molecule has 3 radical (unpaired) electrons. The average Bonchev–Trinajstić information content (AvgIpc) is 0.840. The molecule has 0 fully saturated rings. The number of nitriles is 1. The van der Waals surface area contributed by atoms with E-state index in [2.05, 4.69) is 45.8 Å². The van der Waals surface area contributed by atoms with Gasteiger partial charge >= 0.3 is 24.4 Å². The minimum Gasteiger partial charge on any atom is -0.508 e. The molecule has 4 amide bonds. The van der Waals surface area contributed by atoms with Crippen LogP contribution in [0, 0.1) is 35.9 Å². The first-order valence-electron chi connectivity index (χ1n) is 30.1. The van der Waals surface area contributed by atoms with E-state index in [0.717, 1.165) is 36.0 Å². The van der Waals surface area contributed by atoms with Gasteiger partial charge in [0.15, 0.2) is 0 Å². The minimum atomic E-state index is -4.68. The topological polar surface area (TPSA) is 327 Å². The first-order valence-corrected chi connectivity index (χ1v) is 27.1. The fraction of sp³-hybridized carbons (Fsp3) is 0.141. The number of aryl methyl sites for hydroxylation is 1. The van der Waals surface area contributed by atoms with Gasteiger partial charge in [-0.1, -0.05) is 61.3 Å². The van der Waals surface area contributed by atoms with E-state index in [1.54, 1.807) is 36.6 Å². The van der Waals surface area contributed by atoms with Gasteiger partial charge in [0.05, 0.1) is 45.3 Å². The van der Waals surface area contributed by atoms with Crippen LogP contribution in [0.4, 0.5) is 67.1 Å². The number of nitrogens with zero attached hydrogens (tertiary/aromatic N) is 5. The number of hydrogen-bond donors (Lipinski definition) is 8. The second-order valence-electron chi connectivity index (χ2n) is 17.5. The highest BCUT2D eigenvalue weighted by Crippen LogP contribution is 2.38. The number of carbonyl (C=O) groups is 4. The lowest BCUT2D eigenvalue weighted by Crippen LogP contribution is -2.20. The van der Waals surface area contributed by atoms with Crippen molar-refractivity contribution in [2.75, 3.05) is 50.1 Å². The van der Waals surface area contributed by atoms with Crippen LogP contribution in [0.25, 0.3) is 0 Å². The summed E-state index contributed by atoms with van der Waals surface area (Å²) in [7, 11) is 1.30. The molecule has 533 valence electrons. The molecule has 5 aromatic carbocycles. The molecular weight excluding hydrogens is 1440 g/mol. The summed E-state index contributed by atoms with van der Waals surface area (Å²) in [4.78, 5) is 61.0. The van der Waals surface area contributed by atoms with Crippen molar-refractivity contribution in [2.45, 2.75) is 34.1 Å². The molecule has 4 aromatic heterocycles. The van der Waals surface area contributed by atoms with Crippen LogP contribution in [0.15, 0.2) is 164 Å². The van der Waals surface area contributed by atoms with Gasteiger partial charge in [-0.25, -0.2) is 27.7 Å². The van der Waals surface area contributed by atoms with Crippen LogP contribution in [0.1, 0.15) is 75.5 Å². The maximum atomic E-state index is 14.3. The predicted molar refractivity (Wildman–Crippen MR) is 368 cm³/mol. The summed E-state index contributed by atoms with van der Waals surface area (Å²) >= 11 is 22.1. The third-order valence-electron chi connectivity index (χ3n) is 10.7. The Morgan fingerprint density at radius 1 is 0.570 bits per heavy atom. The van der Waals surface area contributed by atoms with E-state index >= 15 is 0 Å². The van der Waals surface area contributed by atoms with Crippen molar-refractivity contribution < 1.29 is 95.1 Å². The summed E-state index contributed by atoms with van der Waals surface area (Å²) in [5.41, 5.74) is 13.2. The van der Waals surface area contributed by atoms with Crippen LogP contribution in [-0.2, 0) is 17.1 Å². The van der Waals surface area contributed by atoms with E-state index in [9.17, 15) is 58.7 Å². The zero-order valence-corrected chi connectivity index (χ0v) is 53.5. The highest BCUT2D eigenvalue weighted by atomic mass is 35.5. The van der Waals surface area contributed by atoms with E-state index in [1.165, 1.54) is 111 Å². The number of aromatic hydroxyl groups is 1. The number of nitrogens with one attached hydrogen (secondary N) is 4. The summed E-state index contributed by atoms with van der Waals surface area (Å²) in [6.07, 6.45) is -2.36. The number of methoxy groups -OCH3 is 1. The number of esters is 1. The molecule has 0 saturated carbocycles. The quantitative estimate of drug-likeness (QED) is 0.0157. The second kappa shape index (κ2) is 45.2. The number of nitrogen functional groups attached to an aromatic ring is 2. The number of alkyl halides is 6. The number of carbonyl (C=O) groups excluding carboxylic acids is 4. The summed E-state index contributed by atoms with van der Waals surface area (Å²) < 4.78 is 194. The van der Waals surface area contributed by atoms with Crippen LogP contribution in [0.2, 0.25) is 20.1 Å². The molecule has 11 N–H and O–H groups in total. The maximum absolute atomic E-state index is 14.3. The summed E-state index contributed by atoms with van der Waals surface area (Å²) in [6.45, 7) is -5.60.